The van der Waals surface area contributed by atoms with Gasteiger partial charge in [0.15, 0.2) is 17.9 Å². The highest BCUT2D eigenvalue weighted by Crippen LogP contribution is 2.50. The Morgan fingerprint density at radius 3 is 2.00 bits per heavy atom. The fraction of sp³-hybridized carbons (Fsp3) is 1.00. The highest BCUT2D eigenvalue weighted by atomic mass is 16.9. The van der Waals surface area contributed by atoms with E-state index in [0.717, 1.165) is 64.4 Å². The van der Waals surface area contributed by atoms with Gasteiger partial charge in [-0.25, -0.2) is 0 Å². The minimum atomic E-state index is -0.483. The van der Waals surface area contributed by atoms with Crippen LogP contribution in [0.3, 0.4) is 0 Å². The van der Waals surface area contributed by atoms with Crippen LogP contribution in [0.2, 0.25) is 0 Å². The molecule has 3 aliphatic heterocycles. The molecule has 5 fully saturated rings. The van der Waals surface area contributed by atoms with Crippen molar-refractivity contribution in [2.75, 3.05) is 13.2 Å². The summed E-state index contributed by atoms with van der Waals surface area (Å²) in [6.07, 6.45) is 11.0. The summed E-state index contributed by atoms with van der Waals surface area (Å²) in [5.74, 6) is -0.941. The second kappa shape index (κ2) is 7.54. The minimum Gasteiger partial charge on any atom is -0.379 e. The largest absolute Gasteiger partial charge is 0.379 e. The second-order valence-corrected chi connectivity index (χ2v) is 8.93. The second-order valence-electron chi connectivity index (χ2n) is 8.93. The molecule has 6 heteroatoms. The van der Waals surface area contributed by atoms with Crippen molar-refractivity contribution >= 4 is 0 Å². The summed E-state index contributed by atoms with van der Waals surface area (Å²) in [4.78, 5) is 0. The van der Waals surface area contributed by atoms with E-state index in [0.29, 0.717) is 6.61 Å². The van der Waals surface area contributed by atoms with E-state index in [1.165, 1.54) is 12.8 Å². The van der Waals surface area contributed by atoms with E-state index in [9.17, 15) is 0 Å². The number of fused-ring (bicyclic) bond motifs is 3. The van der Waals surface area contributed by atoms with Gasteiger partial charge in [0.2, 0.25) is 0 Å². The molecular formula is C21H34O6. The molecule has 0 N–H and O–H groups in total. The number of rotatable bonds is 4. The van der Waals surface area contributed by atoms with Crippen LogP contribution in [0.25, 0.3) is 0 Å². The summed E-state index contributed by atoms with van der Waals surface area (Å²) in [6.45, 7) is 3.38. The molecule has 0 amide bonds. The standard InChI is InChI=1S/C21H34O6/c1-2-13-22-14-15-16-17(25-20(24-16)9-5-3-6-10-20)18-19(23-15)27-21(26-18)11-7-4-8-12-21/h15-19H,2-14H2,1H3/t15-,16-,17+,18+,19+/m0/s1. The summed E-state index contributed by atoms with van der Waals surface area (Å²) in [5.41, 5.74) is 0. The van der Waals surface area contributed by atoms with Gasteiger partial charge in [-0.2, -0.15) is 0 Å². The van der Waals surface area contributed by atoms with Crippen molar-refractivity contribution in [3.8, 4) is 0 Å². The molecule has 0 unspecified atom stereocenters. The van der Waals surface area contributed by atoms with Gasteiger partial charge in [0.05, 0.1) is 6.61 Å². The monoisotopic (exact) mass is 382 g/mol. The lowest BCUT2D eigenvalue weighted by atomic mass is 9.94. The molecule has 2 aliphatic carbocycles. The third kappa shape index (κ3) is 3.47. The Kier molecular flexibility index (Phi) is 5.24. The van der Waals surface area contributed by atoms with Crippen molar-refractivity contribution in [2.45, 2.75) is 120 Å². The van der Waals surface area contributed by atoms with Crippen LogP contribution in [-0.4, -0.2) is 55.5 Å². The molecule has 5 rings (SSSR count). The predicted molar refractivity (Wildman–Crippen MR) is 97.1 cm³/mol. The first-order valence-electron chi connectivity index (χ1n) is 11.2. The summed E-state index contributed by atoms with van der Waals surface area (Å²) in [5, 5.41) is 0. The smallest absolute Gasteiger partial charge is 0.190 e. The van der Waals surface area contributed by atoms with Crippen molar-refractivity contribution in [1.29, 1.82) is 0 Å². The first-order chi connectivity index (χ1) is 13.2. The molecule has 0 aromatic rings. The summed E-state index contributed by atoms with van der Waals surface area (Å²) in [7, 11) is 0. The van der Waals surface area contributed by atoms with E-state index in [1.54, 1.807) is 0 Å². The van der Waals surface area contributed by atoms with Crippen LogP contribution in [0.15, 0.2) is 0 Å². The fourth-order valence-electron chi connectivity index (χ4n) is 5.52. The van der Waals surface area contributed by atoms with Crippen molar-refractivity contribution in [2.24, 2.45) is 0 Å². The molecule has 0 bridgehead atoms. The molecule has 6 nitrogen and oxygen atoms in total. The van der Waals surface area contributed by atoms with Crippen molar-refractivity contribution in [1.82, 2.24) is 0 Å². The van der Waals surface area contributed by atoms with Gasteiger partial charge in [0.1, 0.15) is 24.4 Å². The molecule has 5 atom stereocenters. The predicted octanol–water partition coefficient (Wildman–Crippen LogP) is 3.66. The third-order valence-corrected chi connectivity index (χ3v) is 6.84. The van der Waals surface area contributed by atoms with Gasteiger partial charge in [0.25, 0.3) is 0 Å². The van der Waals surface area contributed by atoms with Gasteiger partial charge >= 0.3 is 0 Å². The van der Waals surface area contributed by atoms with Crippen molar-refractivity contribution in [3.05, 3.63) is 0 Å². The molecular weight excluding hydrogens is 348 g/mol. The summed E-state index contributed by atoms with van der Waals surface area (Å²) >= 11 is 0. The molecule has 2 spiro atoms. The highest BCUT2D eigenvalue weighted by Gasteiger charge is 2.63. The summed E-state index contributed by atoms with van der Waals surface area (Å²) < 4.78 is 38.3. The van der Waals surface area contributed by atoms with E-state index < -0.39 is 11.6 Å². The van der Waals surface area contributed by atoms with Crippen molar-refractivity contribution in [3.63, 3.8) is 0 Å². The zero-order valence-electron chi connectivity index (χ0n) is 16.5. The molecule has 3 saturated heterocycles. The molecule has 0 aromatic heterocycles. The maximum absolute atomic E-state index is 6.62. The average Bonchev–Trinajstić information content (AvgIpc) is 3.21. The van der Waals surface area contributed by atoms with Gasteiger partial charge < -0.3 is 28.4 Å². The van der Waals surface area contributed by atoms with Crippen LogP contribution < -0.4 is 0 Å². The lowest BCUT2D eigenvalue weighted by Gasteiger charge is -2.37. The van der Waals surface area contributed by atoms with Gasteiger partial charge in [-0.15, -0.1) is 0 Å². The Morgan fingerprint density at radius 2 is 1.33 bits per heavy atom. The highest BCUT2D eigenvalue weighted by molar-refractivity contribution is 5.03. The molecule has 0 aromatic carbocycles. The van der Waals surface area contributed by atoms with E-state index in [-0.39, 0.29) is 30.7 Å². The van der Waals surface area contributed by atoms with Crippen LogP contribution in [0.1, 0.15) is 77.6 Å². The number of hydrogen-bond donors (Lipinski definition) is 0. The molecule has 3 heterocycles. The van der Waals surface area contributed by atoms with E-state index in [4.69, 9.17) is 28.4 Å². The normalized spacial score (nSPS) is 42.3. The third-order valence-electron chi connectivity index (χ3n) is 6.84. The quantitative estimate of drug-likeness (QED) is 0.692. The maximum Gasteiger partial charge on any atom is 0.190 e. The van der Waals surface area contributed by atoms with E-state index in [2.05, 4.69) is 6.92 Å². The Hall–Kier alpha value is -0.240. The van der Waals surface area contributed by atoms with Crippen LogP contribution in [0.4, 0.5) is 0 Å². The van der Waals surface area contributed by atoms with Gasteiger partial charge in [-0.05, 0) is 32.1 Å². The lowest BCUT2D eigenvalue weighted by molar-refractivity contribution is -0.256. The SMILES string of the molecule is CCCOC[C@@H]1O[C@@H]2OC3(CCCCC3)O[C@@H]2[C@@H]2OC3(CCCCC3)O[C@H]21. The molecule has 154 valence electrons. The fourth-order valence-corrected chi connectivity index (χ4v) is 5.52. The minimum absolute atomic E-state index is 0.127. The van der Waals surface area contributed by atoms with Crippen molar-refractivity contribution < 1.29 is 28.4 Å². The van der Waals surface area contributed by atoms with E-state index in [1.807, 2.05) is 0 Å². The number of hydrogen-bond acceptors (Lipinski definition) is 6. The van der Waals surface area contributed by atoms with Crippen LogP contribution in [0, 0.1) is 0 Å². The zero-order chi connectivity index (χ0) is 18.3. The van der Waals surface area contributed by atoms with Gasteiger partial charge in [0, 0.05) is 32.3 Å². The zero-order valence-corrected chi connectivity index (χ0v) is 16.5. The Bertz CT molecular complexity index is 513. The van der Waals surface area contributed by atoms with Gasteiger partial charge in [-0.3, -0.25) is 0 Å². The molecule has 27 heavy (non-hydrogen) atoms. The maximum atomic E-state index is 6.62. The number of ether oxygens (including phenoxy) is 6. The van der Waals surface area contributed by atoms with Crippen LogP contribution >= 0.6 is 0 Å². The Labute approximate surface area is 162 Å². The Balaban J connectivity index is 1.36. The molecule has 0 radical (unpaired) electrons. The van der Waals surface area contributed by atoms with Crippen LogP contribution in [-0.2, 0) is 28.4 Å². The van der Waals surface area contributed by atoms with Gasteiger partial charge in [-0.1, -0.05) is 19.8 Å². The average molecular weight is 382 g/mol. The molecule has 5 aliphatic rings. The molecule has 2 saturated carbocycles. The lowest BCUT2D eigenvalue weighted by Crippen LogP contribution is -2.56. The topological polar surface area (TPSA) is 55.4 Å². The first kappa shape index (κ1) is 18.8. The van der Waals surface area contributed by atoms with Crippen LogP contribution in [0.5, 0.6) is 0 Å². The Morgan fingerprint density at radius 1 is 0.741 bits per heavy atom. The summed E-state index contributed by atoms with van der Waals surface area (Å²) in [6, 6.07) is 0. The van der Waals surface area contributed by atoms with E-state index >= 15 is 0 Å². The first-order valence-corrected chi connectivity index (χ1v) is 11.2.